The fourth-order valence-corrected chi connectivity index (χ4v) is 1.69. The molecule has 1 aromatic carbocycles. The predicted octanol–water partition coefficient (Wildman–Crippen LogP) is 3.40. The Labute approximate surface area is 107 Å². The maximum atomic E-state index is 11.7. The van der Waals surface area contributed by atoms with Gasteiger partial charge in [-0.15, -0.1) is 0 Å². The fourth-order valence-electron chi connectivity index (χ4n) is 1.47. The van der Waals surface area contributed by atoms with E-state index in [1.54, 1.807) is 26.8 Å². The minimum Gasteiger partial charge on any atom is -0.464 e. The molecule has 0 fully saturated rings. The summed E-state index contributed by atoms with van der Waals surface area (Å²) in [5.74, 6) is -0.269. The number of rotatable bonds is 4. The minimum absolute atomic E-state index is 0.269. The molecule has 0 bridgehead atoms. The van der Waals surface area contributed by atoms with Crippen LogP contribution >= 0.6 is 11.6 Å². The molecule has 4 heteroatoms. The third-order valence-electron chi connectivity index (χ3n) is 2.42. The van der Waals surface area contributed by atoms with Gasteiger partial charge in [0.25, 0.3) is 0 Å². The molecule has 1 N–H and O–H groups in total. The van der Waals surface area contributed by atoms with Crippen LogP contribution in [0.2, 0.25) is 5.02 Å². The molecule has 0 unspecified atom stereocenters. The Kier molecular flexibility index (Phi) is 4.40. The maximum Gasteiger partial charge on any atom is 0.331 e. The van der Waals surface area contributed by atoms with Crippen LogP contribution in [-0.4, -0.2) is 18.1 Å². The molecular weight excluding hydrogens is 238 g/mol. The summed E-state index contributed by atoms with van der Waals surface area (Å²) in [6, 6.07) is 5.50. The lowest BCUT2D eigenvalue weighted by Crippen LogP contribution is -2.41. The van der Waals surface area contributed by atoms with Crippen molar-refractivity contribution in [3.8, 4) is 0 Å². The number of halogens is 1. The second-order valence-electron chi connectivity index (χ2n) is 4.43. The molecule has 17 heavy (non-hydrogen) atoms. The van der Waals surface area contributed by atoms with Crippen LogP contribution < -0.4 is 5.32 Å². The molecule has 0 saturated heterocycles. The van der Waals surface area contributed by atoms with Gasteiger partial charge >= 0.3 is 5.97 Å². The molecule has 1 aromatic rings. The first-order valence-corrected chi connectivity index (χ1v) is 5.96. The largest absolute Gasteiger partial charge is 0.464 e. The molecule has 0 aliphatic carbocycles. The van der Waals surface area contributed by atoms with E-state index in [9.17, 15) is 4.79 Å². The molecule has 0 aliphatic heterocycles. The summed E-state index contributed by atoms with van der Waals surface area (Å²) in [4.78, 5) is 11.7. The molecule has 0 saturated carbocycles. The standard InChI is InChI=1S/C13H18ClNO2/c1-5-17-12(16)13(3,4)15-11-7-6-10(14)8-9(11)2/h6-8,15H,5H2,1-4H3. The van der Waals surface area contributed by atoms with Crippen LogP contribution in [-0.2, 0) is 9.53 Å². The van der Waals surface area contributed by atoms with Crippen molar-refractivity contribution in [1.29, 1.82) is 0 Å². The molecule has 0 radical (unpaired) electrons. The highest BCUT2D eigenvalue weighted by atomic mass is 35.5. The lowest BCUT2D eigenvalue weighted by atomic mass is 10.0. The molecular formula is C13H18ClNO2. The van der Waals surface area contributed by atoms with Gasteiger partial charge in [-0.3, -0.25) is 0 Å². The average molecular weight is 256 g/mol. The van der Waals surface area contributed by atoms with E-state index in [-0.39, 0.29) is 5.97 Å². The molecule has 3 nitrogen and oxygen atoms in total. The first kappa shape index (κ1) is 13.8. The van der Waals surface area contributed by atoms with E-state index in [4.69, 9.17) is 16.3 Å². The Morgan fingerprint density at radius 3 is 2.65 bits per heavy atom. The number of nitrogens with one attached hydrogen (secondary N) is 1. The van der Waals surface area contributed by atoms with Crippen molar-refractivity contribution in [3.63, 3.8) is 0 Å². The van der Waals surface area contributed by atoms with Gasteiger partial charge in [-0.05, 0) is 51.5 Å². The molecule has 0 aromatic heterocycles. The summed E-state index contributed by atoms with van der Waals surface area (Å²) in [6.45, 7) is 7.69. The van der Waals surface area contributed by atoms with Gasteiger partial charge in [-0.1, -0.05) is 11.6 Å². The lowest BCUT2D eigenvalue weighted by molar-refractivity contribution is -0.147. The first-order chi connectivity index (χ1) is 7.86. The number of esters is 1. The third-order valence-corrected chi connectivity index (χ3v) is 2.66. The number of carbonyl (C=O) groups is 1. The zero-order valence-electron chi connectivity index (χ0n) is 10.6. The van der Waals surface area contributed by atoms with Gasteiger partial charge in [0.2, 0.25) is 0 Å². The van der Waals surface area contributed by atoms with Crippen LogP contribution in [0.15, 0.2) is 18.2 Å². The lowest BCUT2D eigenvalue weighted by Gasteiger charge is -2.26. The number of carbonyl (C=O) groups excluding carboxylic acids is 1. The second kappa shape index (κ2) is 5.41. The van der Waals surface area contributed by atoms with E-state index >= 15 is 0 Å². The SMILES string of the molecule is CCOC(=O)C(C)(C)Nc1ccc(Cl)cc1C. The van der Waals surface area contributed by atoms with Crippen molar-refractivity contribution in [2.45, 2.75) is 33.2 Å². The average Bonchev–Trinajstić information content (AvgIpc) is 2.22. The van der Waals surface area contributed by atoms with Crippen LogP contribution in [0.25, 0.3) is 0 Å². The molecule has 0 heterocycles. The predicted molar refractivity (Wildman–Crippen MR) is 70.5 cm³/mol. The quantitative estimate of drug-likeness (QED) is 0.838. The topological polar surface area (TPSA) is 38.3 Å². The Hall–Kier alpha value is -1.22. The summed E-state index contributed by atoms with van der Waals surface area (Å²) >= 11 is 5.88. The fraction of sp³-hybridized carbons (Fsp3) is 0.462. The van der Waals surface area contributed by atoms with Gasteiger partial charge in [0.05, 0.1) is 6.61 Å². The highest BCUT2D eigenvalue weighted by molar-refractivity contribution is 6.30. The van der Waals surface area contributed by atoms with Crippen molar-refractivity contribution in [2.24, 2.45) is 0 Å². The zero-order chi connectivity index (χ0) is 13.1. The van der Waals surface area contributed by atoms with Gasteiger partial charge in [0.15, 0.2) is 0 Å². The number of hydrogen-bond donors (Lipinski definition) is 1. The number of aryl methyl sites for hydroxylation is 1. The summed E-state index contributed by atoms with van der Waals surface area (Å²) < 4.78 is 5.01. The molecule has 0 spiro atoms. The highest BCUT2D eigenvalue weighted by Crippen LogP contribution is 2.23. The van der Waals surface area contributed by atoms with E-state index in [1.807, 2.05) is 19.1 Å². The monoisotopic (exact) mass is 255 g/mol. The zero-order valence-corrected chi connectivity index (χ0v) is 11.4. The van der Waals surface area contributed by atoms with Crippen molar-refractivity contribution in [3.05, 3.63) is 28.8 Å². The smallest absolute Gasteiger partial charge is 0.331 e. The Bertz CT molecular complexity index is 416. The Balaban J connectivity index is 2.86. The Morgan fingerprint density at radius 2 is 2.12 bits per heavy atom. The van der Waals surface area contributed by atoms with Crippen molar-refractivity contribution in [2.75, 3.05) is 11.9 Å². The molecule has 1 rings (SSSR count). The number of ether oxygens (including phenoxy) is 1. The van der Waals surface area contributed by atoms with Crippen molar-refractivity contribution < 1.29 is 9.53 Å². The van der Waals surface area contributed by atoms with Crippen LogP contribution in [0.5, 0.6) is 0 Å². The highest BCUT2D eigenvalue weighted by Gasteiger charge is 2.29. The van der Waals surface area contributed by atoms with Crippen LogP contribution in [0.1, 0.15) is 26.3 Å². The van der Waals surface area contributed by atoms with E-state index in [0.717, 1.165) is 11.3 Å². The van der Waals surface area contributed by atoms with Gasteiger partial charge in [0, 0.05) is 10.7 Å². The summed E-state index contributed by atoms with van der Waals surface area (Å²) in [6.07, 6.45) is 0. The number of benzene rings is 1. The summed E-state index contributed by atoms with van der Waals surface area (Å²) in [7, 11) is 0. The van der Waals surface area contributed by atoms with Gasteiger partial charge in [0.1, 0.15) is 5.54 Å². The first-order valence-electron chi connectivity index (χ1n) is 5.58. The van der Waals surface area contributed by atoms with Crippen LogP contribution in [0.4, 0.5) is 5.69 Å². The second-order valence-corrected chi connectivity index (χ2v) is 4.87. The molecule has 0 amide bonds. The number of anilines is 1. The van der Waals surface area contributed by atoms with E-state index in [1.165, 1.54) is 0 Å². The van der Waals surface area contributed by atoms with E-state index in [2.05, 4.69) is 5.32 Å². The molecule has 0 atom stereocenters. The van der Waals surface area contributed by atoms with E-state index in [0.29, 0.717) is 11.6 Å². The minimum atomic E-state index is -0.755. The van der Waals surface area contributed by atoms with Crippen LogP contribution in [0, 0.1) is 6.92 Å². The number of hydrogen-bond acceptors (Lipinski definition) is 3. The van der Waals surface area contributed by atoms with Gasteiger partial charge in [-0.25, -0.2) is 4.79 Å². The van der Waals surface area contributed by atoms with Gasteiger partial charge < -0.3 is 10.1 Å². The Morgan fingerprint density at radius 1 is 1.47 bits per heavy atom. The summed E-state index contributed by atoms with van der Waals surface area (Å²) in [5, 5.41) is 3.85. The molecule has 94 valence electrons. The van der Waals surface area contributed by atoms with Crippen LogP contribution in [0.3, 0.4) is 0 Å². The normalized spacial score (nSPS) is 11.1. The van der Waals surface area contributed by atoms with Crippen molar-refractivity contribution >= 4 is 23.3 Å². The van der Waals surface area contributed by atoms with E-state index < -0.39 is 5.54 Å². The maximum absolute atomic E-state index is 11.7. The molecule has 0 aliphatic rings. The third kappa shape index (κ3) is 3.63. The van der Waals surface area contributed by atoms with Gasteiger partial charge in [-0.2, -0.15) is 0 Å². The van der Waals surface area contributed by atoms with Crippen molar-refractivity contribution in [1.82, 2.24) is 0 Å². The summed E-state index contributed by atoms with van der Waals surface area (Å²) in [5.41, 5.74) is 1.12.